The lowest BCUT2D eigenvalue weighted by atomic mass is 10.1. The minimum absolute atomic E-state index is 0.249. The summed E-state index contributed by atoms with van der Waals surface area (Å²) in [5.74, 6) is 0.384. The zero-order valence-corrected chi connectivity index (χ0v) is 16.0. The number of nitrogens with one attached hydrogen (secondary N) is 1. The number of rotatable bonds is 7. The average Bonchev–Trinajstić information content (AvgIpc) is 3.29. The fourth-order valence-corrected chi connectivity index (χ4v) is 3.00. The second-order valence-electron chi connectivity index (χ2n) is 6.60. The van der Waals surface area contributed by atoms with E-state index in [0.717, 1.165) is 5.56 Å². The van der Waals surface area contributed by atoms with Crippen molar-refractivity contribution < 1.29 is 13.9 Å². The van der Waals surface area contributed by atoms with Gasteiger partial charge >= 0.3 is 0 Å². The molecule has 0 unspecified atom stereocenters. The van der Waals surface area contributed by atoms with Gasteiger partial charge in [0.25, 0.3) is 5.91 Å². The third kappa shape index (κ3) is 4.88. The Hall–Kier alpha value is -4.00. The first kappa shape index (κ1) is 19.3. The first-order chi connectivity index (χ1) is 14.7. The topological polar surface area (TPSA) is 69.0 Å². The van der Waals surface area contributed by atoms with Gasteiger partial charge in [0.1, 0.15) is 17.3 Å². The minimum atomic E-state index is -0.339. The third-order valence-electron chi connectivity index (χ3n) is 4.47. The summed E-state index contributed by atoms with van der Waals surface area (Å²) in [5.41, 5.74) is 1.39. The normalized spacial score (nSPS) is 11.6. The van der Waals surface area contributed by atoms with Crippen LogP contribution in [-0.4, -0.2) is 20.9 Å². The Morgan fingerprint density at radius 3 is 2.40 bits per heavy atom. The molecule has 1 atom stereocenters. The van der Waals surface area contributed by atoms with Gasteiger partial charge < -0.3 is 10.1 Å². The Morgan fingerprint density at radius 2 is 1.67 bits per heavy atom. The summed E-state index contributed by atoms with van der Waals surface area (Å²) < 4.78 is 18.8. The van der Waals surface area contributed by atoms with E-state index >= 15 is 0 Å². The molecule has 1 heterocycles. The summed E-state index contributed by atoms with van der Waals surface area (Å²) in [5, 5.41) is 11.3. The van der Waals surface area contributed by atoms with Crippen LogP contribution in [0, 0.1) is 5.82 Å². The minimum Gasteiger partial charge on any atom is -0.457 e. The van der Waals surface area contributed by atoms with E-state index in [4.69, 9.17) is 4.74 Å². The van der Waals surface area contributed by atoms with Crippen LogP contribution in [0.2, 0.25) is 0 Å². The van der Waals surface area contributed by atoms with Gasteiger partial charge in [-0.05, 0) is 48.0 Å². The monoisotopic (exact) mass is 402 g/mol. The Labute approximate surface area is 172 Å². The number of aromatic nitrogens is 3. The Morgan fingerprint density at radius 1 is 0.933 bits per heavy atom. The van der Waals surface area contributed by atoms with E-state index in [0.29, 0.717) is 23.6 Å². The van der Waals surface area contributed by atoms with Crippen molar-refractivity contribution in [1.29, 1.82) is 0 Å². The molecule has 150 valence electrons. The Balaban J connectivity index is 1.51. The number of carbonyl (C=O) groups excluding carboxylic acids is 1. The standard InChI is InChI=1S/C23H19FN4O2/c24-19-9-11-20(12-10-19)30-21-8-4-7-18(15-21)23(29)27-22(16-28-25-13-14-26-28)17-5-2-1-3-6-17/h1-15,22H,16H2,(H,27,29)/t22-/m0/s1. The summed E-state index contributed by atoms with van der Waals surface area (Å²) in [6, 6.07) is 21.9. The summed E-state index contributed by atoms with van der Waals surface area (Å²) >= 11 is 0. The van der Waals surface area contributed by atoms with Crippen molar-refractivity contribution in [3.05, 3.63) is 108 Å². The highest BCUT2D eigenvalue weighted by Gasteiger charge is 2.17. The summed E-state index contributed by atoms with van der Waals surface area (Å²) in [6.45, 7) is 0.397. The van der Waals surface area contributed by atoms with E-state index in [-0.39, 0.29) is 17.8 Å². The summed E-state index contributed by atoms with van der Waals surface area (Å²) in [6.07, 6.45) is 3.19. The molecular formula is C23H19FN4O2. The van der Waals surface area contributed by atoms with Gasteiger partial charge in [-0.3, -0.25) is 4.79 Å². The molecule has 0 saturated carbocycles. The number of hydrogen-bond donors (Lipinski definition) is 1. The average molecular weight is 402 g/mol. The van der Waals surface area contributed by atoms with E-state index in [1.807, 2.05) is 30.3 Å². The molecular weight excluding hydrogens is 383 g/mol. The molecule has 0 saturated heterocycles. The van der Waals surface area contributed by atoms with Crippen molar-refractivity contribution in [2.45, 2.75) is 12.6 Å². The maximum atomic E-state index is 13.1. The summed E-state index contributed by atoms with van der Waals surface area (Å²) in [7, 11) is 0. The predicted octanol–water partition coefficient (Wildman–Crippen LogP) is 4.38. The number of carbonyl (C=O) groups is 1. The van der Waals surface area contributed by atoms with Gasteiger partial charge in [0.2, 0.25) is 0 Å². The van der Waals surface area contributed by atoms with Crippen LogP contribution in [0.15, 0.2) is 91.3 Å². The SMILES string of the molecule is O=C(N[C@@H](Cn1nccn1)c1ccccc1)c1cccc(Oc2ccc(F)cc2)c1. The lowest BCUT2D eigenvalue weighted by Gasteiger charge is -2.19. The lowest BCUT2D eigenvalue weighted by Crippen LogP contribution is -2.32. The molecule has 0 fully saturated rings. The van der Waals surface area contributed by atoms with Gasteiger partial charge in [-0.1, -0.05) is 36.4 Å². The van der Waals surface area contributed by atoms with Gasteiger partial charge in [-0.25, -0.2) is 4.39 Å². The third-order valence-corrected chi connectivity index (χ3v) is 4.47. The molecule has 0 aliphatic carbocycles. The van der Waals surface area contributed by atoms with Crippen molar-refractivity contribution in [2.24, 2.45) is 0 Å². The quantitative estimate of drug-likeness (QED) is 0.498. The van der Waals surface area contributed by atoms with Crippen LogP contribution >= 0.6 is 0 Å². The molecule has 1 aromatic heterocycles. The largest absolute Gasteiger partial charge is 0.457 e. The van der Waals surface area contributed by atoms with E-state index in [9.17, 15) is 9.18 Å². The fourth-order valence-electron chi connectivity index (χ4n) is 3.00. The number of hydrogen-bond acceptors (Lipinski definition) is 4. The van der Waals surface area contributed by atoms with Gasteiger partial charge in [0.05, 0.1) is 25.0 Å². The van der Waals surface area contributed by atoms with E-state index in [1.165, 1.54) is 29.1 Å². The van der Waals surface area contributed by atoms with E-state index < -0.39 is 0 Å². The first-order valence-electron chi connectivity index (χ1n) is 9.41. The lowest BCUT2D eigenvalue weighted by molar-refractivity contribution is 0.0930. The maximum Gasteiger partial charge on any atom is 0.251 e. The summed E-state index contributed by atoms with van der Waals surface area (Å²) in [4.78, 5) is 14.5. The molecule has 6 nitrogen and oxygen atoms in total. The predicted molar refractivity (Wildman–Crippen MR) is 110 cm³/mol. The molecule has 0 aliphatic rings. The van der Waals surface area contributed by atoms with Crippen LogP contribution in [0.25, 0.3) is 0 Å². The van der Waals surface area contributed by atoms with E-state index in [2.05, 4.69) is 15.5 Å². The van der Waals surface area contributed by atoms with Crippen molar-refractivity contribution >= 4 is 5.91 Å². The highest BCUT2D eigenvalue weighted by atomic mass is 19.1. The van der Waals surface area contributed by atoms with Gasteiger partial charge in [-0.2, -0.15) is 15.0 Å². The number of amides is 1. The number of halogens is 1. The maximum absolute atomic E-state index is 13.1. The zero-order chi connectivity index (χ0) is 20.8. The number of benzene rings is 3. The zero-order valence-electron chi connectivity index (χ0n) is 16.0. The molecule has 1 amide bonds. The molecule has 4 rings (SSSR count). The van der Waals surface area contributed by atoms with Crippen LogP contribution in [0.5, 0.6) is 11.5 Å². The molecule has 0 spiro atoms. The van der Waals surface area contributed by atoms with Crippen molar-refractivity contribution in [1.82, 2.24) is 20.3 Å². The second kappa shape index (κ2) is 9.00. The van der Waals surface area contributed by atoms with Gasteiger partial charge in [-0.15, -0.1) is 0 Å². The molecule has 3 aromatic carbocycles. The first-order valence-corrected chi connectivity index (χ1v) is 9.41. The molecule has 0 bridgehead atoms. The van der Waals surface area contributed by atoms with E-state index in [1.54, 1.807) is 36.7 Å². The number of nitrogens with zero attached hydrogens (tertiary/aromatic N) is 3. The fraction of sp³-hybridized carbons (Fsp3) is 0.0870. The smallest absolute Gasteiger partial charge is 0.251 e. The molecule has 30 heavy (non-hydrogen) atoms. The van der Waals surface area contributed by atoms with Crippen LogP contribution in [0.1, 0.15) is 22.0 Å². The van der Waals surface area contributed by atoms with Crippen LogP contribution in [0.4, 0.5) is 4.39 Å². The van der Waals surface area contributed by atoms with Crippen molar-refractivity contribution in [3.63, 3.8) is 0 Å². The van der Waals surface area contributed by atoms with Gasteiger partial charge in [0, 0.05) is 5.56 Å². The second-order valence-corrected chi connectivity index (χ2v) is 6.60. The van der Waals surface area contributed by atoms with Crippen molar-refractivity contribution in [2.75, 3.05) is 0 Å². The molecule has 4 aromatic rings. The molecule has 7 heteroatoms. The Kier molecular flexibility index (Phi) is 5.80. The highest BCUT2D eigenvalue weighted by Crippen LogP contribution is 2.23. The molecule has 1 N–H and O–H groups in total. The van der Waals surface area contributed by atoms with Crippen molar-refractivity contribution in [3.8, 4) is 11.5 Å². The molecule has 0 aliphatic heterocycles. The highest BCUT2D eigenvalue weighted by molar-refractivity contribution is 5.94. The van der Waals surface area contributed by atoms with Crippen LogP contribution in [0.3, 0.4) is 0 Å². The van der Waals surface area contributed by atoms with Crippen LogP contribution < -0.4 is 10.1 Å². The van der Waals surface area contributed by atoms with Crippen LogP contribution in [-0.2, 0) is 6.54 Å². The number of ether oxygens (including phenoxy) is 1. The van der Waals surface area contributed by atoms with Gasteiger partial charge in [0.15, 0.2) is 0 Å². The Bertz CT molecular complexity index is 1100. The molecule has 0 radical (unpaired) electrons.